The number of anilines is 2. The van der Waals surface area contributed by atoms with Crippen LogP contribution in [-0.2, 0) is 29.4 Å². The molecule has 1 fully saturated rings. The molecular formula is C40H46N6O8. The predicted molar refractivity (Wildman–Crippen MR) is 201 cm³/mol. The van der Waals surface area contributed by atoms with Gasteiger partial charge in [0.1, 0.15) is 35.4 Å². The largest absolute Gasteiger partial charge is 0.497 e. The summed E-state index contributed by atoms with van der Waals surface area (Å²) in [6, 6.07) is 25.1. The third kappa shape index (κ3) is 7.51. The number of benzene rings is 3. The molecule has 0 radical (unpaired) electrons. The number of hydrogen-bond acceptors (Lipinski definition) is 11. The van der Waals surface area contributed by atoms with Gasteiger partial charge in [0.25, 0.3) is 0 Å². The first kappa shape index (κ1) is 38.3. The number of aliphatic hydroxyl groups excluding tert-OH is 1. The minimum absolute atomic E-state index is 0.0268. The van der Waals surface area contributed by atoms with E-state index < -0.39 is 30.1 Å². The molecule has 0 spiro atoms. The van der Waals surface area contributed by atoms with Gasteiger partial charge in [0.2, 0.25) is 17.8 Å². The zero-order valence-electron chi connectivity index (χ0n) is 31.3. The second-order valence-electron chi connectivity index (χ2n) is 13.6. The van der Waals surface area contributed by atoms with Crippen LogP contribution in [0.3, 0.4) is 0 Å². The van der Waals surface area contributed by atoms with E-state index in [2.05, 4.69) is 25.6 Å². The van der Waals surface area contributed by atoms with Crippen LogP contribution in [-0.4, -0.2) is 82.7 Å². The van der Waals surface area contributed by atoms with Crippen LogP contribution in [0.1, 0.15) is 50.6 Å². The van der Waals surface area contributed by atoms with Gasteiger partial charge >= 0.3 is 0 Å². The maximum atomic E-state index is 12.8. The van der Waals surface area contributed by atoms with Crippen molar-refractivity contribution in [2.24, 2.45) is 11.8 Å². The van der Waals surface area contributed by atoms with E-state index in [1.165, 1.54) is 13.4 Å². The second-order valence-corrected chi connectivity index (χ2v) is 13.6. The molecule has 6 rings (SSSR count). The van der Waals surface area contributed by atoms with Crippen LogP contribution in [0, 0.1) is 11.8 Å². The summed E-state index contributed by atoms with van der Waals surface area (Å²) in [6.07, 6.45) is -2.39. The molecule has 54 heavy (non-hydrogen) atoms. The van der Waals surface area contributed by atoms with Gasteiger partial charge in [0, 0.05) is 18.9 Å². The Morgan fingerprint density at radius 1 is 0.815 bits per heavy atom. The van der Waals surface area contributed by atoms with Crippen LogP contribution in [0.2, 0.25) is 0 Å². The molecule has 5 aromatic rings. The number of imidazole rings is 1. The van der Waals surface area contributed by atoms with Crippen molar-refractivity contribution in [3.05, 3.63) is 102 Å². The van der Waals surface area contributed by atoms with Crippen molar-refractivity contribution in [2.75, 3.05) is 38.6 Å². The number of nitrogens with zero attached hydrogens (tertiary/aromatic N) is 4. The van der Waals surface area contributed by atoms with E-state index in [4.69, 9.17) is 23.7 Å². The number of aromatic nitrogens is 4. The number of nitrogens with one attached hydrogen (secondary N) is 2. The van der Waals surface area contributed by atoms with Gasteiger partial charge in [-0.2, -0.15) is 9.97 Å². The number of hydrogen-bond donors (Lipinski definition) is 3. The van der Waals surface area contributed by atoms with Crippen molar-refractivity contribution in [3.8, 4) is 11.5 Å². The zero-order chi connectivity index (χ0) is 38.6. The Morgan fingerprint density at radius 2 is 1.37 bits per heavy atom. The standard InChI is InChI=1S/C40H46N6O8/c1-23(2)36(48)42-34-31-35(44-39(43-34)45-37(49)24(3)4)46(22-41-31)38-33(52-7)32(47)30(54-38)21-53-40(25-11-9-8-10-12-25,26-13-17-28(50-5)18-14-26)27-15-19-29(51-6)20-16-27/h8-20,22-24,30,32-33,38,47H,21H2,1-7H3,(H2,42,43,44,45,48,49)/t30-,32-,33-,38-/m1/s1. The summed E-state index contributed by atoms with van der Waals surface area (Å²) in [6.45, 7) is 6.92. The molecule has 0 unspecified atom stereocenters. The minimum Gasteiger partial charge on any atom is -0.497 e. The first-order chi connectivity index (χ1) is 26.0. The Balaban J connectivity index is 1.39. The number of amides is 2. The summed E-state index contributed by atoms with van der Waals surface area (Å²) < 4.78 is 32.0. The fourth-order valence-electron chi connectivity index (χ4n) is 6.38. The molecular weight excluding hydrogens is 692 g/mol. The molecule has 0 aliphatic carbocycles. The van der Waals surface area contributed by atoms with E-state index in [0.29, 0.717) is 11.5 Å². The number of carbonyl (C=O) groups is 2. The fourth-order valence-corrected chi connectivity index (χ4v) is 6.38. The third-order valence-electron chi connectivity index (χ3n) is 9.44. The second kappa shape index (κ2) is 16.3. The van der Waals surface area contributed by atoms with Gasteiger partial charge < -0.3 is 34.1 Å². The quantitative estimate of drug-likeness (QED) is 0.126. The molecule has 14 nitrogen and oxygen atoms in total. The summed E-state index contributed by atoms with van der Waals surface area (Å²) >= 11 is 0. The van der Waals surface area contributed by atoms with E-state index in [-0.39, 0.29) is 53.2 Å². The molecule has 1 aliphatic heterocycles. The number of methoxy groups -OCH3 is 3. The monoisotopic (exact) mass is 738 g/mol. The molecule has 3 heterocycles. The van der Waals surface area contributed by atoms with Crippen LogP contribution in [0.15, 0.2) is 85.2 Å². The number of fused-ring (bicyclic) bond motifs is 1. The van der Waals surface area contributed by atoms with E-state index in [9.17, 15) is 14.7 Å². The molecule has 4 atom stereocenters. The highest BCUT2D eigenvalue weighted by Gasteiger charge is 2.48. The normalized spacial score (nSPS) is 18.6. The fraction of sp³-hybridized carbons (Fsp3) is 0.375. The molecule has 2 amide bonds. The summed E-state index contributed by atoms with van der Waals surface area (Å²) in [4.78, 5) is 39.0. The lowest BCUT2D eigenvalue weighted by Gasteiger charge is -2.37. The Hall–Kier alpha value is -5.41. The Bertz CT molecular complexity index is 2010. The molecule has 14 heteroatoms. The lowest BCUT2D eigenvalue weighted by Crippen LogP contribution is -2.40. The van der Waals surface area contributed by atoms with E-state index >= 15 is 0 Å². The Labute approximate surface area is 313 Å². The van der Waals surface area contributed by atoms with Gasteiger partial charge in [0.15, 0.2) is 23.2 Å². The lowest BCUT2D eigenvalue weighted by molar-refractivity contribution is -0.119. The summed E-state index contributed by atoms with van der Waals surface area (Å²) in [5, 5.41) is 17.3. The van der Waals surface area contributed by atoms with Crippen LogP contribution >= 0.6 is 0 Å². The zero-order valence-corrected chi connectivity index (χ0v) is 31.3. The highest BCUT2D eigenvalue weighted by molar-refractivity contribution is 5.99. The van der Waals surface area contributed by atoms with Gasteiger partial charge in [-0.05, 0) is 41.0 Å². The first-order valence-electron chi connectivity index (χ1n) is 17.7. The van der Waals surface area contributed by atoms with Crippen molar-refractivity contribution >= 4 is 34.7 Å². The molecule has 0 bridgehead atoms. The maximum absolute atomic E-state index is 12.8. The smallest absolute Gasteiger partial charge is 0.233 e. The molecule has 3 aromatic carbocycles. The summed E-state index contributed by atoms with van der Waals surface area (Å²) in [5.41, 5.74) is 1.83. The molecule has 3 N–H and O–H groups in total. The van der Waals surface area contributed by atoms with Crippen molar-refractivity contribution in [2.45, 2.75) is 57.8 Å². The maximum Gasteiger partial charge on any atom is 0.233 e. The van der Waals surface area contributed by atoms with E-state index in [0.717, 1.165) is 16.7 Å². The molecule has 1 aliphatic rings. The van der Waals surface area contributed by atoms with Crippen LogP contribution in [0.25, 0.3) is 11.2 Å². The third-order valence-corrected chi connectivity index (χ3v) is 9.44. The van der Waals surface area contributed by atoms with Crippen LogP contribution < -0.4 is 20.1 Å². The van der Waals surface area contributed by atoms with Crippen molar-refractivity contribution in [3.63, 3.8) is 0 Å². The average molecular weight is 739 g/mol. The van der Waals surface area contributed by atoms with E-state index in [1.807, 2.05) is 78.9 Å². The average Bonchev–Trinajstić information content (AvgIpc) is 3.75. The van der Waals surface area contributed by atoms with Crippen LogP contribution in [0.5, 0.6) is 11.5 Å². The number of rotatable bonds is 14. The highest BCUT2D eigenvalue weighted by Crippen LogP contribution is 2.43. The van der Waals surface area contributed by atoms with Gasteiger partial charge in [-0.1, -0.05) is 82.3 Å². The predicted octanol–water partition coefficient (Wildman–Crippen LogP) is 5.31. The van der Waals surface area contributed by atoms with Gasteiger partial charge in [-0.15, -0.1) is 0 Å². The molecule has 2 aromatic heterocycles. The summed E-state index contributed by atoms with van der Waals surface area (Å²) in [5.74, 6) is 0.163. The Morgan fingerprint density at radius 3 is 1.91 bits per heavy atom. The molecule has 1 saturated heterocycles. The SMILES string of the molecule is COc1ccc(C(OC[C@H]2O[C@@H](n3cnc4c(NC(=O)C(C)C)nc(NC(=O)C(C)C)nc43)[C@H](OC)[C@@H]2O)(c2ccccc2)c2ccc(OC)cc2)cc1. The first-order valence-corrected chi connectivity index (χ1v) is 17.7. The summed E-state index contributed by atoms with van der Waals surface area (Å²) in [7, 11) is 4.70. The highest BCUT2D eigenvalue weighted by atomic mass is 16.6. The topological polar surface area (TPSA) is 168 Å². The number of ether oxygens (including phenoxy) is 5. The number of carbonyl (C=O) groups excluding carboxylic acids is 2. The lowest BCUT2D eigenvalue weighted by atomic mass is 9.80. The van der Waals surface area contributed by atoms with Gasteiger partial charge in [-0.25, -0.2) is 4.98 Å². The minimum atomic E-state index is -1.16. The molecule has 0 saturated carbocycles. The Kier molecular flexibility index (Phi) is 11.6. The van der Waals surface area contributed by atoms with Crippen molar-refractivity contribution in [1.29, 1.82) is 0 Å². The number of aliphatic hydroxyl groups is 1. The van der Waals surface area contributed by atoms with Crippen molar-refractivity contribution < 1.29 is 38.4 Å². The van der Waals surface area contributed by atoms with E-state index in [1.54, 1.807) is 46.5 Å². The van der Waals surface area contributed by atoms with Crippen molar-refractivity contribution in [1.82, 2.24) is 19.5 Å². The van der Waals surface area contributed by atoms with Gasteiger partial charge in [-0.3, -0.25) is 19.5 Å². The van der Waals surface area contributed by atoms with Crippen LogP contribution in [0.4, 0.5) is 11.8 Å². The van der Waals surface area contributed by atoms with Gasteiger partial charge in [0.05, 0.1) is 27.2 Å². The molecule has 284 valence electrons.